The van der Waals surface area contributed by atoms with Gasteiger partial charge in [0.1, 0.15) is 5.70 Å². The van der Waals surface area contributed by atoms with Gasteiger partial charge in [0.15, 0.2) is 0 Å². The number of aliphatic hydroxyl groups is 1. The molecule has 0 saturated heterocycles. The molecule has 0 bridgehead atoms. The Balaban J connectivity index is 2.11. The first-order valence-corrected chi connectivity index (χ1v) is 11.6. The lowest BCUT2D eigenvalue weighted by Crippen LogP contribution is -2.31. The van der Waals surface area contributed by atoms with E-state index in [2.05, 4.69) is 83.3 Å². The predicted molar refractivity (Wildman–Crippen MR) is 136 cm³/mol. The number of ether oxygens (including phenoxy) is 1. The summed E-state index contributed by atoms with van der Waals surface area (Å²) < 4.78 is 4.94. The van der Waals surface area contributed by atoms with Crippen LogP contribution in [0.3, 0.4) is 0 Å². The van der Waals surface area contributed by atoms with Crippen LogP contribution in [0, 0.1) is 0 Å². The molecule has 1 aliphatic heterocycles. The lowest BCUT2D eigenvalue weighted by molar-refractivity contribution is -0.136. The Bertz CT molecular complexity index is 1100. The number of methoxy groups -OCH3 is 1. The number of aliphatic hydroxyl groups excluding tert-OH is 1. The van der Waals surface area contributed by atoms with E-state index in [4.69, 9.17) is 4.74 Å². The van der Waals surface area contributed by atoms with Crippen LogP contribution in [0.5, 0.6) is 0 Å². The van der Waals surface area contributed by atoms with Crippen molar-refractivity contribution >= 4 is 17.6 Å². The molecule has 0 aromatic heterocycles. The highest BCUT2D eigenvalue weighted by Gasteiger charge is 2.35. The zero-order valence-electron chi connectivity index (χ0n) is 21.3. The summed E-state index contributed by atoms with van der Waals surface area (Å²) in [4.78, 5) is 27.0. The van der Waals surface area contributed by atoms with Crippen LogP contribution in [0.25, 0.3) is 11.1 Å². The molecule has 34 heavy (non-hydrogen) atoms. The quantitative estimate of drug-likeness (QED) is 0.610. The van der Waals surface area contributed by atoms with Gasteiger partial charge in [-0.05, 0) is 33.6 Å². The van der Waals surface area contributed by atoms with E-state index in [1.807, 2.05) is 6.07 Å². The minimum atomic E-state index is -0.556. The molecule has 2 N–H and O–H groups in total. The van der Waals surface area contributed by atoms with Gasteiger partial charge in [0, 0.05) is 17.8 Å². The molecule has 2 aromatic rings. The first kappa shape index (κ1) is 25.5. The number of nitrogens with one attached hydrogen (secondary N) is 1. The van der Waals surface area contributed by atoms with Crippen molar-refractivity contribution in [3.05, 3.63) is 64.9 Å². The van der Waals surface area contributed by atoms with Crippen molar-refractivity contribution in [2.75, 3.05) is 32.1 Å². The third-order valence-electron chi connectivity index (χ3n) is 6.16. The Labute approximate surface area is 202 Å². The highest BCUT2D eigenvalue weighted by atomic mass is 16.5. The summed E-state index contributed by atoms with van der Waals surface area (Å²) in [6, 6.07) is 14.6. The van der Waals surface area contributed by atoms with E-state index in [9.17, 15) is 14.7 Å². The largest absolute Gasteiger partial charge is 0.466 e. The third kappa shape index (κ3) is 5.33. The monoisotopic (exact) mass is 464 g/mol. The second-order valence-electron chi connectivity index (χ2n) is 10.8. The Hall–Kier alpha value is -3.12. The van der Waals surface area contributed by atoms with Crippen molar-refractivity contribution in [3.8, 4) is 11.1 Å². The Kier molecular flexibility index (Phi) is 7.22. The number of hydrogen-bond donors (Lipinski definition) is 2. The van der Waals surface area contributed by atoms with E-state index in [-0.39, 0.29) is 47.7 Å². The molecular weight excluding hydrogens is 428 g/mol. The molecule has 2 aromatic carbocycles. The lowest BCUT2D eigenvalue weighted by atomic mass is 9.84. The molecule has 3 rings (SSSR count). The topological polar surface area (TPSA) is 78.9 Å². The normalized spacial score (nSPS) is 14.6. The van der Waals surface area contributed by atoms with Crippen molar-refractivity contribution in [2.24, 2.45) is 0 Å². The maximum absolute atomic E-state index is 13.1. The summed E-state index contributed by atoms with van der Waals surface area (Å²) >= 11 is 0. The number of nitrogens with zero attached hydrogens (tertiary/aromatic N) is 1. The van der Waals surface area contributed by atoms with Crippen LogP contribution in [0.2, 0.25) is 0 Å². The molecule has 1 aliphatic rings. The fourth-order valence-corrected chi connectivity index (χ4v) is 4.00. The van der Waals surface area contributed by atoms with Gasteiger partial charge in [-0.15, -0.1) is 0 Å². The minimum absolute atomic E-state index is 0.0440. The molecule has 0 fully saturated rings. The average Bonchev–Trinajstić information content (AvgIpc) is 3.07. The maximum Gasteiger partial charge on any atom is 0.337 e. The van der Waals surface area contributed by atoms with Gasteiger partial charge in [-0.3, -0.25) is 4.79 Å². The van der Waals surface area contributed by atoms with Crippen molar-refractivity contribution in [3.63, 3.8) is 0 Å². The molecule has 6 nitrogen and oxygen atoms in total. The summed E-state index contributed by atoms with van der Waals surface area (Å²) in [5.41, 5.74) is 5.41. The molecule has 0 unspecified atom stereocenters. The Morgan fingerprint density at radius 3 is 2.12 bits per heavy atom. The number of benzene rings is 2. The second-order valence-corrected chi connectivity index (χ2v) is 10.8. The SMILES string of the molecule is COC(=O)C1=C(Nc2cc(C(C)(C)C)ccc2-c2ccc(C(C)(C)C)cc2)C(=O)N(CCO)C1. The van der Waals surface area contributed by atoms with Crippen LogP contribution in [0.1, 0.15) is 52.7 Å². The van der Waals surface area contributed by atoms with Crippen LogP contribution in [-0.4, -0.2) is 48.7 Å². The zero-order valence-corrected chi connectivity index (χ0v) is 21.3. The highest BCUT2D eigenvalue weighted by molar-refractivity contribution is 6.09. The molecule has 0 atom stereocenters. The molecule has 0 radical (unpaired) electrons. The van der Waals surface area contributed by atoms with E-state index in [0.29, 0.717) is 0 Å². The summed E-state index contributed by atoms with van der Waals surface area (Å²) in [5, 5.41) is 12.6. The molecule has 0 spiro atoms. The Morgan fingerprint density at radius 2 is 1.59 bits per heavy atom. The van der Waals surface area contributed by atoms with Gasteiger partial charge in [-0.25, -0.2) is 4.79 Å². The lowest BCUT2D eigenvalue weighted by Gasteiger charge is -2.23. The van der Waals surface area contributed by atoms with Crippen molar-refractivity contribution in [2.45, 2.75) is 52.4 Å². The van der Waals surface area contributed by atoms with Crippen molar-refractivity contribution < 1.29 is 19.4 Å². The van der Waals surface area contributed by atoms with E-state index < -0.39 is 5.97 Å². The standard InChI is InChI=1S/C28H36N2O4/c1-27(2,3)19-10-8-18(9-11-19)21-13-12-20(28(4,5)6)16-23(21)29-24-22(26(33)34-7)17-30(14-15-31)25(24)32/h8-13,16,29,31H,14-15,17H2,1-7H3. The van der Waals surface area contributed by atoms with Crippen molar-refractivity contribution in [1.29, 1.82) is 0 Å². The molecule has 182 valence electrons. The smallest absolute Gasteiger partial charge is 0.337 e. The summed E-state index contributed by atoms with van der Waals surface area (Å²) in [5.74, 6) is -0.885. The summed E-state index contributed by atoms with van der Waals surface area (Å²) in [6.45, 7) is 13.0. The fourth-order valence-electron chi connectivity index (χ4n) is 4.00. The number of rotatable bonds is 6. The Morgan fingerprint density at radius 1 is 1.00 bits per heavy atom. The van der Waals surface area contributed by atoms with Crippen molar-refractivity contribution in [1.82, 2.24) is 4.90 Å². The van der Waals surface area contributed by atoms with Gasteiger partial charge in [0.25, 0.3) is 5.91 Å². The van der Waals surface area contributed by atoms with Gasteiger partial charge in [0.2, 0.25) is 0 Å². The molecule has 6 heteroatoms. The highest BCUT2D eigenvalue weighted by Crippen LogP contribution is 2.36. The van der Waals surface area contributed by atoms with Crippen LogP contribution in [0.15, 0.2) is 53.7 Å². The number of hydrogen-bond acceptors (Lipinski definition) is 5. The number of β-amino-alcohol motifs (C(OH)–C–C–N with tert-alkyl or cyclic N) is 1. The molecule has 1 amide bonds. The van der Waals surface area contributed by atoms with E-state index >= 15 is 0 Å². The van der Waals surface area contributed by atoms with E-state index in [1.54, 1.807) is 0 Å². The van der Waals surface area contributed by atoms with Crippen LogP contribution >= 0.6 is 0 Å². The zero-order chi connectivity index (χ0) is 25.3. The minimum Gasteiger partial charge on any atom is -0.466 e. The van der Waals surface area contributed by atoms with E-state index in [0.717, 1.165) is 22.4 Å². The fraction of sp³-hybridized carbons (Fsp3) is 0.429. The van der Waals surface area contributed by atoms with Crippen LogP contribution in [0.4, 0.5) is 5.69 Å². The van der Waals surface area contributed by atoms with Gasteiger partial charge < -0.3 is 20.1 Å². The number of anilines is 1. The molecule has 0 aliphatic carbocycles. The van der Waals surface area contributed by atoms with Gasteiger partial charge in [-0.1, -0.05) is 77.9 Å². The number of carbonyl (C=O) groups excluding carboxylic acids is 2. The second kappa shape index (κ2) is 9.63. The predicted octanol–water partition coefficient (Wildman–Crippen LogP) is 4.62. The molecule has 1 heterocycles. The average molecular weight is 465 g/mol. The van der Waals surface area contributed by atoms with Crippen LogP contribution < -0.4 is 5.32 Å². The van der Waals surface area contributed by atoms with Gasteiger partial charge in [0.05, 0.1) is 25.8 Å². The number of esters is 1. The third-order valence-corrected chi connectivity index (χ3v) is 6.16. The van der Waals surface area contributed by atoms with Crippen LogP contribution in [-0.2, 0) is 25.2 Å². The number of carbonyl (C=O) groups is 2. The van der Waals surface area contributed by atoms with Gasteiger partial charge >= 0.3 is 5.97 Å². The molecular formula is C28H36N2O4. The molecule has 0 saturated carbocycles. The summed E-state index contributed by atoms with van der Waals surface area (Å²) in [6.07, 6.45) is 0. The van der Waals surface area contributed by atoms with Gasteiger partial charge in [-0.2, -0.15) is 0 Å². The first-order valence-electron chi connectivity index (χ1n) is 11.6. The first-order chi connectivity index (χ1) is 15.9. The van der Waals surface area contributed by atoms with E-state index in [1.165, 1.54) is 17.6 Å². The maximum atomic E-state index is 13.1. The summed E-state index contributed by atoms with van der Waals surface area (Å²) in [7, 11) is 1.30. The number of amides is 1.